The van der Waals surface area contributed by atoms with E-state index in [-0.39, 0.29) is 48.1 Å². The van der Waals surface area contributed by atoms with E-state index in [1.165, 1.54) is 4.90 Å². The second-order valence-electron chi connectivity index (χ2n) is 12.9. The van der Waals surface area contributed by atoms with E-state index in [2.05, 4.69) is 38.3 Å². The van der Waals surface area contributed by atoms with E-state index in [9.17, 15) is 19.5 Å². The zero-order valence-corrected chi connectivity index (χ0v) is 24.6. The number of rotatable bonds is 8. The van der Waals surface area contributed by atoms with Crippen LogP contribution in [-0.2, 0) is 14.4 Å². The van der Waals surface area contributed by atoms with Gasteiger partial charge in [-0.3, -0.25) is 14.4 Å². The molecule has 6 unspecified atom stereocenters. The summed E-state index contributed by atoms with van der Waals surface area (Å²) < 4.78 is 0. The summed E-state index contributed by atoms with van der Waals surface area (Å²) in [6.45, 7) is 18.1. The van der Waals surface area contributed by atoms with Gasteiger partial charge in [0.2, 0.25) is 17.7 Å². The Morgan fingerprint density at radius 1 is 1.00 bits per heavy atom. The average Bonchev–Trinajstić information content (AvgIpc) is 3.17. The Morgan fingerprint density at radius 3 is 2.08 bits per heavy atom. The number of carbonyl (C=O) groups excluding carboxylic acids is 3. The first-order valence-electron chi connectivity index (χ1n) is 13.3. The summed E-state index contributed by atoms with van der Waals surface area (Å²) in [5, 5.41) is 17.0. The van der Waals surface area contributed by atoms with Gasteiger partial charge in [-0.25, -0.2) is 0 Å². The first-order chi connectivity index (χ1) is 16.9. The van der Waals surface area contributed by atoms with Gasteiger partial charge in [-0.05, 0) is 47.8 Å². The molecule has 0 saturated carbocycles. The van der Waals surface area contributed by atoms with Gasteiger partial charge in [0.1, 0.15) is 12.1 Å². The Hall–Kier alpha value is -2.12. The van der Waals surface area contributed by atoms with Crippen LogP contribution in [0.1, 0.15) is 86.8 Å². The van der Waals surface area contributed by atoms with Crippen LogP contribution in [0.15, 0.2) is 24.3 Å². The normalized spacial score (nSPS) is 21.6. The van der Waals surface area contributed by atoms with Crippen LogP contribution in [0.5, 0.6) is 0 Å². The lowest BCUT2D eigenvalue weighted by molar-refractivity contribution is -0.144. The van der Waals surface area contributed by atoms with E-state index in [0.717, 1.165) is 5.56 Å². The molecule has 6 atom stereocenters. The van der Waals surface area contributed by atoms with Crippen LogP contribution in [-0.4, -0.2) is 52.5 Å². The van der Waals surface area contributed by atoms with E-state index in [1.54, 1.807) is 12.1 Å². The summed E-state index contributed by atoms with van der Waals surface area (Å²) in [4.78, 5) is 41.6. The quantitative estimate of drug-likeness (QED) is 0.448. The maximum absolute atomic E-state index is 13.8. The Balaban J connectivity index is 2.17. The van der Waals surface area contributed by atoms with Crippen LogP contribution in [0.3, 0.4) is 0 Å². The highest BCUT2D eigenvalue weighted by Crippen LogP contribution is 2.32. The topological polar surface area (TPSA) is 98.7 Å². The number of aliphatic hydroxyl groups excluding tert-OH is 1. The SMILES string of the molecule is CC(CC(C)C(C)(C)C)C(=O)NC(C(=O)N1CC(O)CC1C(=O)NC(C)c1ccc(Cl)cc1)C(C)(C)C. The predicted molar refractivity (Wildman–Crippen MR) is 148 cm³/mol. The number of hydrogen-bond donors (Lipinski definition) is 3. The molecule has 1 aliphatic heterocycles. The third-order valence-electron chi connectivity index (χ3n) is 7.63. The van der Waals surface area contributed by atoms with Crippen molar-refractivity contribution in [3.05, 3.63) is 34.9 Å². The second kappa shape index (κ2) is 12.2. The molecule has 1 fully saturated rings. The highest BCUT2D eigenvalue weighted by atomic mass is 35.5. The highest BCUT2D eigenvalue weighted by Gasteiger charge is 2.45. The van der Waals surface area contributed by atoms with Gasteiger partial charge >= 0.3 is 0 Å². The molecule has 0 radical (unpaired) electrons. The first kappa shape index (κ1) is 31.1. The zero-order chi connectivity index (χ0) is 28.3. The van der Waals surface area contributed by atoms with Crippen LogP contribution >= 0.6 is 11.6 Å². The summed E-state index contributed by atoms with van der Waals surface area (Å²) in [5.74, 6) is -0.815. The molecule has 0 bridgehead atoms. The molecule has 1 aliphatic rings. The standard InChI is InChI=1S/C29H46ClN3O4/c1-17(14-18(2)28(4,5)6)25(35)32-24(29(7,8)9)27(37)33-16-22(34)15-23(33)26(36)31-19(3)20-10-12-21(30)13-11-20/h10-13,17-19,22-24,34H,14-16H2,1-9H3,(H,31,36)(H,32,35). The number of halogens is 1. The van der Waals surface area contributed by atoms with Gasteiger partial charge in [-0.15, -0.1) is 0 Å². The van der Waals surface area contributed by atoms with E-state index in [0.29, 0.717) is 17.4 Å². The third kappa shape index (κ3) is 8.44. The lowest BCUT2D eigenvalue weighted by atomic mass is 9.77. The summed E-state index contributed by atoms with van der Waals surface area (Å²) in [6.07, 6.45) is 0.0412. The van der Waals surface area contributed by atoms with Crippen LogP contribution < -0.4 is 10.6 Å². The van der Waals surface area contributed by atoms with Crippen LogP contribution in [0.2, 0.25) is 5.02 Å². The average molecular weight is 536 g/mol. The minimum atomic E-state index is -0.832. The van der Waals surface area contributed by atoms with Crippen molar-refractivity contribution in [2.24, 2.45) is 22.7 Å². The number of likely N-dealkylation sites (tertiary alicyclic amines) is 1. The van der Waals surface area contributed by atoms with E-state index in [1.807, 2.05) is 46.8 Å². The van der Waals surface area contributed by atoms with Crippen molar-refractivity contribution in [1.82, 2.24) is 15.5 Å². The molecule has 3 N–H and O–H groups in total. The van der Waals surface area contributed by atoms with Crippen molar-refractivity contribution in [3.63, 3.8) is 0 Å². The Kier molecular flexibility index (Phi) is 10.2. The fourth-order valence-corrected chi connectivity index (χ4v) is 4.67. The molecule has 0 aromatic heterocycles. The smallest absolute Gasteiger partial charge is 0.246 e. The van der Waals surface area contributed by atoms with Crippen molar-refractivity contribution in [2.75, 3.05) is 6.54 Å². The fraction of sp³-hybridized carbons (Fsp3) is 0.690. The maximum Gasteiger partial charge on any atom is 0.246 e. The molecule has 8 heteroatoms. The lowest BCUT2D eigenvalue weighted by Crippen LogP contribution is -2.58. The van der Waals surface area contributed by atoms with Gasteiger partial charge in [-0.2, -0.15) is 0 Å². The molecule has 0 spiro atoms. The summed E-state index contributed by atoms with van der Waals surface area (Å²) in [7, 11) is 0. The molecule has 7 nitrogen and oxygen atoms in total. The molecule has 3 amide bonds. The van der Waals surface area contributed by atoms with E-state index in [4.69, 9.17) is 11.6 Å². The zero-order valence-electron chi connectivity index (χ0n) is 23.9. The number of nitrogens with one attached hydrogen (secondary N) is 2. The Labute approximate surface area is 227 Å². The number of benzene rings is 1. The number of amides is 3. The summed E-state index contributed by atoms with van der Waals surface area (Å²) in [5.41, 5.74) is 0.365. The summed E-state index contributed by atoms with van der Waals surface area (Å²) >= 11 is 5.97. The Bertz CT molecular complexity index is 951. The molecule has 37 heavy (non-hydrogen) atoms. The lowest BCUT2D eigenvalue weighted by Gasteiger charge is -2.36. The molecular weight excluding hydrogens is 490 g/mol. The number of β-amino-alcohol motifs (C(OH)–C–C–N with tert-alkyl or cyclic N) is 1. The minimum absolute atomic E-state index is 0.0469. The molecule has 1 aromatic rings. The second-order valence-corrected chi connectivity index (χ2v) is 13.3. The fourth-order valence-electron chi connectivity index (χ4n) is 4.54. The largest absolute Gasteiger partial charge is 0.391 e. The number of hydrogen-bond acceptors (Lipinski definition) is 4. The van der Waals surface area contributed by atoms with Gasteiger partial charge < -0.3 is 20.6 Å². The van der Waals surface area contributed by atoms with Crippen molar-refractivity contribution in [1.29, 1.82) is 0 Å². The summed E-state index contributed by atoms with van der Waals surface area (Å²) in [6, 6.07) is 5.24. The molecule has 2 rings (SSSR count). The molecule has 0 aliphatic carbocycles. The first-order valence-corrected chi connectivity index (χ1v) is 13.6. The van der Waals surface area contributed by atoms with Crippen LogP contribution in [0, 0.1) is 22.7 Å². The van der Waals surface area contributed by atoms with Crippen molar-refractivity contribution >= 4 is 29.3 Å². The van der Waals surface area contributed by atoms with Gasteiger partial charge in [0.25, 0.3) is 0 Å². The molecule has 208 valence electrons. The van der Waals surface area contributed by atoms with Crippen LogP contribution in [0.25, 0.3) is 0 Å². The van der Waals surface area contributed by atoms with Gasteiger partial charge in [-0.1, -0.05) is 79.1 Å². The van der Waals surface area contributed by atoms with Gasteiger partial charge in [0.15, 0.2) is 0 Å². The minimum Gasteiger partial charge on any atom is -0.391 e. The molecule has 1 aromatic carbocycles. The van der Waals surface area contributed by atoms with E-state index < -0.39 is 23.6 Å². The van der Waals surface area contributed by atoms with E-state index >= 15 is 0 Å². The van der Waals surface area contributed by atoms with Gasteiger partial charge in [0, 0.05) is 23.9 Å². The molecule has 1 saturated heterocycles. The number of carbonyl (C=O) groups is 3. The number of aliphatic hydroxyl groups is 1. The highest BCUT2D eigenvalue weighted by molar-refractivity contribution is 6.30. The van der Waals surface area contributed by atoms with Crippen molar-refractivity contribution in [3.8, 4) is 0 Å². The third-order valence-corrected chi connectivity index (χ3v) is 7.88. The van der Waals surface area contributed by atoms with Crippen molar-refractivity contribution in [2.45, 2.75) is 99.4 Å². The van der Waals surface area contributed by atoms with Crippen molar-refractivity contribution < 1.29 is 19.5 Å². The number of nitrogens with zero attached hydrogens (tertiary/aromatic N) is 1. The monoisotopic (exact) mass is 535 g/mol. The van der Waals surface area contributed by atoms with Crippen LogP contribution in [0.4, 0.5) is 0 Å². The molecular formula is C29H46ClN3O4. The Morgan fingerprint density at radius 2 is 1.57 bits per heavy atom. The predicted octanol–water partition coefficient (Wildman–Crippen LogP) is 4.72. The maximum atomic E-state index is 13.8. The molecule has 1 heterocycles. The van der Waals surface area contributed by atoms with Gasteiger partial charge in [0.05, 0.1) is 12.1 Å².